The van der Waals surface area contributed by atoms with Crippen molar-refractivity contribution in [3.63, 3.8) is 0 Å². The summed E-state index contributed by atoms with van der Waals surface area (Å²) in [5.74, 6) is 1.47. The van der Waals surface area contributed by atoms with Crippen LogP contribution in [-0.2, 0) is 9.53 Å². The van der Waals surface area contributed by atoms with Crippen LogP contribution in [0.25, 0.3) is 0 Å². The summed E-state index contributed by atoms with van der Waals surface area (Å²) in [5.41, 5.74) is 6.53. The summed E-state index contributed by atoms with van der Waals surface area (Å²) in [7, 11) is 0. The minimum absolute atomic E-state index is 0.0895. The highest BCUT2D eigenvalue weighted by atomic mass is 16.6. The number of carbonyl (C=O) groups is 2. The number of nitrogens with zero attached hydrogens (tertiary/aromatic N) is 3. The highest BCUT2D eigenvalue weighted by molar-refractivity contribution is 5.95. The van der Waals surface area contributed by atoms with Crippen LogP contribution in [0.1, 0.15) is 25.7 Å². The Morgan fingerprint density at radius 1 is 1.12 bits per heavy atom. The first-order valence-electron chi connectivity index (χ1n) is 11.2. The third-order valence-corrected chi connectivity index (χ3v) is 6.31. The van der Waals surface area contributed by atoms with E-state index in [-0.39, 0.29) is 17.9 Å². The van der Waals surface area contributed by atoms with Crippen molar-refractivity contribution in [3.05, 3.63) is 67.1 Å². The summed E-state index contributed by atoms with van der Waals surface area (Å²) in [6.45, 7) is 0.447. The van der Waals surface area contributed by atoms with Gasteiger partial charge in [-0.05, 0) is 62.1 Å². The van der Waals surface area contributed by atoms with Gasteiger partial charge in [-0.1, -0.05) is 6.07 Å². The maximum atomic E-state index is 12.9. The van der Waals surface area contributed by atoms with Gasteiger partial charge in [0.1, 0.15) is 22.9 Å². The van der Waals surface area contributed by atoms with E-state index in [0.717, 1.165) is 0 Å². The van der Waals surface area contributed by atoms with Crippen molar-refractivity contribution in [3.8, 4) is 11.5 Å². The highest BCUT2D eigenvalue weighted by Crippen LogP contribution is 2.41. The zero-order chi connectivity index (χ0) is 23.5. The number of amides is 2. The molecule has 2 aromatic heterocycles. The molecule has 9 heteroatoms. The van der Waals surface area contributed by atoms with Gasteiger partial charge in [-0.2, -0.15) is 0 Å². The van der Waals surface area contributed by atoms with Crippen LogP contribution in [0.2, 0.25) is 0 Å². The molecule has 1 aliphatic carbocycles. The molecule has 3 heterocycles. The molecule has 9 nitrogen and oxygen atoms in total. The fraction of sp³-hybridized carbons (Fsp3) is 0.280. The van der Waals surface area contributed by atoms with Gasteiger partial charge in [0.2, 0.25) is 5.91 Å². The number of benzene rings is 1. The van der Waals surface area contributed by atoms with E-state index in [4.69, 9.17) is 15.2 Å². The molecule has 1 aliphatic heterocycles. The molecule has 2 amide bonds. The third-order valence-electron chi connectivity index (χ3n) is 6.31. The second-order valence-corrected chi connectivity index (χ2v) is 8.63. The number of anilines is 3. The van der Waals surface area contributed by atoms with Crippen molar-refractivity contribution in [2.45, 2.75) is 31.3 Å². The lowest BCUT2D eigenvalue weighted by molar-refractivity contribution is -0.122. The van der Waals surface area contributed by atoms with Gasteiger partial charge in [-0.15, -0.1) is 0 Å². The molecule has 2 fully saturated rings. The first-order valence-corrected chi connectivity index (χ1v) is 11.2. The van der Waals surface area contributed by atoms with Gasteiger partial charge < -0.3 is 20.5 Å². The molecule has 0 bridgehead atoms. The predicted molar refractivity (Wildman–Crippen MR) is 127 cm³/mol. The zero-order valence-electron chi connectivity index (χ0n) is 18.5. The molecule has 3 aromatic rings. The van der Waals surface area contributed by atoms with Crippen molar-refractivity contribution in [1.82, 2.24) is 9.97 Å². The Bertz CT molecular complexity index is 1180. The monoisotopic (exact) mass is 459 g/mol. The summed E-state index contributed by atoms with van der Waals surface area (Å²) >= 11 is 0. The van der Waals surface area contributed by atoms with Crippen molar-refractivity contribution in [2.75, 3.05) is 22.5 Å². The Hall–Kier alpha value is -4.14. The number of nitrogen functional groups attached to an aromatic ring is 1. The number of nitrogens with two attached hydrogens (primary N) is 1. The molecule has 2 aliphatic rings. The van der Waals surface area contributed by atoms with Gasteiger partial charge in [-0.3, -0.25) is 14.7 Å². The van der Waals surface area contributed by atoms with Gasteiger partial charge in [0.25, 0.3) is 0 Å². The second kappa shape index (κ2) is 9.01. The van der Waals surface area contributed by atoms with Crippen LogP contribution in [0, 0.1) is 5.92 Å². The van der Waals surface area contributed by atoms with Crippen LogP contribution in [0.3, 0.4) is 0 Å². The SMILES string of the molecule is Nc1cc(Oc2cccnc2)ccc1NC(=O)[C@H]1CC[C@]2(CC1)CN(c1ccccn1)C(=O)O2. The molecular weight excluding hydrogens is 434 g/mol. The standard InChI is InChI=1S/C25H25N5O4/c26-20-14-18(33-19-4-3-12-27-15-19)6-7-21(20)29-23(31)17-8-10-25(11-9-17)16-30(24(32)34-25)22-5-1-2-13-28-22/h1-7,12-15,17H,8-11,16,26H2,(H,29,31)/t17-,25-. The summed E-state index contributed by atoms with van der Waals surface area (Å²) < 4.78 is 11.5. The lowest BCUT2D eigenvalue weighted by Gasteiger charge is -2.34. The molecule has 5 rings (SSSR count). The van der Waals surface area contributed by atoms with E-state index in [9.17, 15) is 9.59 Å². The summed E-state index contributed by atoms with van der Waals surface area (Å²) in [4.78, 5) is 35.2. The Balaban J connectivity index is 1.18. The molecule has 3 N–H and O–H groups in total. The van der Waals surface area contributed by atoms with Gasteiger partial charge in [0.05, 0.1) is 24.1 Å². The quantitative estimate of drug-likeness (QED) is 0.544. The average Bonchev–Trinajstić information content (AvgIpc) is 3.18. The Morgan fingerprint density at radius 3 is 2.68 bits per heavy atom. The van der Waals surface area contributed by atoms with Crippen molar-refractivity contribution >= 4 is 29.2 Å². The topological polar surface area (TPSA) is 120 Å². The second-order valence-electron chi connectivity index (χ2n) is 8.63. The van der Waals surface area contributed by atoms with E-state index in [0.29, 0.717) is 60.9 Å². The number of rotatable bonds is 5. The van der Waals surface area contributed by atoms with E-state index < -0.39 is 5.60 Å². The molecule has 1 aromatic carbocycles. The first kappa shape index (κ1) is 21.7. The number of ether oxygens (including phenoxy) is 2. The van der Waals surface area contributed by atoms with Crippen LogP contribution in [-0.4, -0.2) is 34.1 Å². The fourth-order valence-electron chi connectivity index (χ4n) is 4.48. The van der Waals surface area contributed by atoms with Crippen LogP contribution >= 0.6 is 0 Å². The van der Waals surface area contributed by atoms with Gasteiger partial charge >= 0.3 is 6.09 Å². The van der Waals surface area contributed by atoms with E-state index >= 15 is 0 Å². The van der Waals surface area contributed by atoms with E-state index in [1.54, 1.807) is 66.0 Å². The smallest absolute Gasteiger partial charge is 0.416 e. The Morgan fingerprint density at radius 2 is 1.97 bits per heavy atom. The highest BCUT2D eigenvalue weighted by Gasteiger charge is 2.48. The lowest BCUT2D eigenvalue weighted by atomic mass is 9.78. The predicted octanol–water partition coefficient (Wildman–Crippen LogP) is 4.38. The first-order chi connectivity index (χ1) is 16.5. The van der Waals surface area contributed by atoms with Crippen molar-refractivity contribution in [2.24, 2.45) is 5.92 Å². The molecule has 0 radical (unpaired) electrons. The van der Waals surface area contributed by atoms with Gasteiger partial charge in [0, 0.05) is 24.4 Å². The average molecular weight is 460 g/mol. The summed E-state index contributed by atoms with van der Waals surface area (Å²) in [5, 5.41) is 2.93. The number of aromatic nitrogens is 2. The number of hydrogen-bond acceptors (Lipinski definition) is 7. The van der Waals surface area contributed by atoms with E-state index in [2.05, 4.69) is 15.3 Å². The normalized spacial score (nSPS) is 21.8. The maximum absolute atomic E-state index is 12.9. The van der Waals surface area contributed by atoms with E-state index in [1.165, 1.54) is 0 Å². The van der Waals surface area contributed by atoms with Crippen LogP contribution in [0.5, 0.6) is 11.5 Å². The minimum Gasteiger partial charge on any atom is -0.456 e. The number of nitrogens with one attached hydrogen (secondary N) is 1. The van der Waals surface area contributed by atoms with Gasteiger partial charge in [-0.25, -0.2) is 9.78 Å². The molecular formula is C25H25N5O4. The third kappa shape index (κ3) is 4.50. The lowest BCUT2D eigenvalue weighted by Crippen LogP contribution is -2.41. The molecule has 34 heavy (non-hydrogen) atoms. The van der Waals surface area contributed by atoms with Crippen LogP contribution in [0.4, 0.5) is 22.0 Å². The molecule has 174 valence electrons. The maximum Gasteiger partial charge on any atom is 0.416 e. The number of hydrogen-bond donors (Lipinski definition) is 2. The minimum atomic E-state index is -0.574. The van der Waals surface area contributed by atoms with Gasteiger partial charge in [0.15, 0.2) is 0 Å². The van der Waals surface area contributed by atoms with Crippen LogP contribution < -0.4 is 20.7 Å². The van der Waals surface area contributed by atoms with Crippen LogP contribution in [0.15, 0.2) is 67.1 Å². The molecule has 1 spiro atoms. The zero-order valence-corrected chi connectivity index (χ0v) is 18.5. The number of carbonyl (C=O) groups excluding carboxylic acids is 2. The largest absolute Gasteiger partial charge is 0.456 e. The summed E-state index contributed by atoms with van der Waals surface area (Å²) in [6, 6.07) is 14.2. The fourth-order valence-corrected chi connectivity index (χ4v) is 4.48. The molecule has 1 saturated heterocycles. The van der Waals surface area contributed by atoms with E-state index in [1.807, 2.05) is 6.07 Å². The molecule has 1 saturated carbocycles. The van der Waals surface area contributed by atoms with Crippen molar-refractivity contribution in [1.29, 1.82) is 0 Å². The van der Waals surface area contributed by atoms with Crippen molar-refractivity contribution < 1.29 is 19.1 Å². The summed E-state index contributed by atoms with van der Waals surface area (Å²) in [6.07, 6.45) is 7.02. The Labute approximate surface area is 196 Å². The Kier molecular flexibility index (Phi) is 5.75. The molecule has 0 atom stereocenters. The molecule has 0 unspecified atom stereocenters. The number of pyridine rings is 2.